The first-order valence-corrected chi connectivity index (χ1v) is 9.21. The molecule has 26 heavy (non-hydrogen) atoms. The zero-order valence-electron chi connectivity index (χ0n) is 17.0. The second-order valence-electron chi connectivity index (χ2n) is 7.17. The van der Waals surface area contributed by atoms with E-state index in [4.69, 9.17) is 4.74 Å². The van der Waals surface area contributed by atoms with Crippen molar-refractivity contribution in [3.8, 4) is 5.75 Å². The van der Waals surface area contributed by atoms with E-state index in [1.54, 1.807) is 21.1 Å². The number of nitrogens with one attached hydrogen (secondary N) is 2. The molecule has 0 saturated heterocycles. The van der Waals surface area contributed by atoms with Crippen LogP contribution >= 0.6 is 0 Å². The minimum Gasteiger partial charge on any atom is -0.484 e. The average molecular weight is 363 g/mol. The molecule has 1 atom stereocenters. The van der Waals surface area contributed by atoms with Gasteiger partial charge in [-0.1, -0.05) is 26.0 Å². The second kappa shape index (κ2) is 11.4. The largest absolute Gasteiger partial charge is 0.484 e. The number of ether oxygens (including phenoxy) is 1. The number of aliphatic imine (C=N–C) groups is 1. The first-order chi connectivity index (χ1) is 12.3. The van der Waals surface area contributed by atoms with Crippen molar-refractivity contribution in [3.63, 3.8) is 0 Å². The van der Waals surface area contributed by atoms with E-state index in [1.807, 2.05) is 24.3 Å². The van der Waals surface area contributed by atoms with Gasteiger partial charge in [0.05, 0.1) is 0 Å². The van der Waals surface area contributed by atoms with Crippen molar-refractivity contribution >= 4 is 11.9 Å². The summed E-state index contributed by atoms with van der Waals surface area (Å²) in [5, 5.41) is 6.74. The summed E-state index contributed by atoms with van der Waals surface area (Å²) in [6, 6.07) is 8.10. The Hall–Kier alpha value is -2.24. The Balaban J connectivity index is 2.50. The zero-order chi connectivity index (χ0) is 19.5. The van der Waals surface area contributed by atoms with Crippen LogP contribution in [0.15, 0.2) is 29.3 Å². The molecular weight excluding hydrogens is 328 g/mol. The first-order valence-electron chi connectivity index (χ1n) is 9.21. The molecule has 0 aliphatic carbocycles. The fourth-order valence-electron chi connectivity index (χ4n) is 2.29. The fourth-order valence-corrected chi connectivity index (χ4v) is 2.29. The number of carbonyl (C=O) groups is 1. The van der Waals surface area contributed by atoms with Crippen LogP contribution in [0.2, 0.25) is 0 Å². The molecular formula is C20H34N4O2. The number of likely N-dealkylation sites (N-methyl/N-ethyl adjacent to an activating group) is 1. The van der Waals surface area contributed by atoms with E-state index < -0.39 is 0 Å². The maximum Gasteiger partial charge on any atom is 0.259 e. The highest BCUT2D eigenvalue weighted by atomic mass is 16.5. The highest BCUT2D eigenvalue weighted by molar-refractivity contribution is 5.80. The van der Waals surface area contributed by atoms with Gasteiger partial charge in [-0.25, -0.2) is 0 Å². The summed E-state index contributed by atoms with van der Waals surface area (Å²) in [5.41, 5.74) is 1.07. The van der Waals surface area contributed by atoms with Crippen molar-refractivity contribution in [2.45, 2.75) is 46.2 Å². The Bertz CT molecular complexity index is 585. The molecule has 0 aromatic heterocycles. The van der Waals surface area contributed by atoms with Crippen molar-refractivity contribution in [2.24, 2.45) is 10.9 Å². The molecule has 0 aliphatic rings. The minimum atomic E-state index is -0.0616. The number of amides is 1. The Labute approximate surface area is 158 Å². The SMILES string of the molecule is CN=C(NCc1cccc(OCC(=O)N(C)C)c1)NC(C)CCC(C)C. The number of nitrogens with zero attached hydrogens (tertiary/aromatic N) is 2. The normalized spacial score (nSPS) is 12.7. The topological polar surface area (TPSA) is 66.0 Å². The minimum absolute atomic E-state index is 0.0421. The number of benzene rings is 1. The summed E-state index contributed by atoms with van der Waals surface area (Å²) in [6.07, 6.45) is 2.30. The van der Waals surface area contributed by atoms with E-state index in [0.717, 1.165) is 17.9 Å². The van der Waals surface area contributed by atoms with Gasteiger partial charge >= 0.3 is 0 Å². The smallest absolute Gasteiger partial charge is 0.259 e. The molecule has 0 spiro atoms. The monoisotopic (exact) mass is 362 g/mol. The van der Waals surface area contributed by atoms with Crippen molar-refractivity contribution in [1.29, 1.82) is 0 Å². The quantitative estimate of drug-likeness (QED) is 0.524. The predicted molar refractivity (Wildman–Crippen MR) is 107 cm³/mol. The maximum atomic E-state index is 11.6. The van der Waals surface area contributed by atoms with Crippen LogP contribution in [0.4, 0.5) is 0 Å². The lowest BCUT2D eigenvalue weighted by Crippen LogP contribution is -2.41. The molecule has 0 bridgehead atoms. The van der Waals surface area contributed by atoms with Crippen molar-refractivity contribution in [3.05, 3.63) is 29.8 Å². The van der Waals surface area contributed by atoms with Crippen molar-refractivity contribution in [2.75, 3.05) is 27.7 Å². The lowest BCUT2D eigenvalue weighted by molar-refractivity contribution is -0.130. The Morgan fingerprint density at radius 1 is 1.23 bits per heavy atom. The average Bonchev–Trinajstić information content (AvgIpc) is 2.61. The molecule has 146 valence electrons. The maximum absolute atomic E-state index is 11.6. The molecule has 0 fully saturated rings. The summed E-state index contributed by atoms with van der Waals surface area (Å²) in [4.78, 5) is 17.4. The van der Waals surface area contributed by atoms with E-state index in [-0.39, 0.29) is 12.5 Å². The van der Waals surface area contributed by atoms with Gasteiger partial charge in [0.15, 0.2) is 12.6 Å². The standard InChI is InChI=1S/C20H34N4O2/c1-15(2)10-11-16(3)23-20(21-4)22-13-17-8-7-9-18(12-17)26-14-19(25)24(5)6/h7-9,12,15-16H,10-11,13-14H2,1-6H3,(H2,21,22,23). The summed E-state index contributed by atoms with van der Waals surface area (Å²) in [6.45, 7) is 7.32. The van der Waals surface area contributed by atoms with Crippen molar-refractivity contribution in [1.82, 2.24) is 15.5 Å². The molecule has 0 aliphatic heterocycles. The molecule has 1 amide bonds. The van der Waals surface area contributed by atoms with Crippen LogP contribution in [-0.2, 0) is 11.3 Å². The van der Waals surface area contributed by atoms with Gasteiger partial charge in [-0.3, -0.25) is 9.79 Å². The number of guanidine groups is 1. The Kier molecular flexibility index (Phi) is 9.55. The second-order valence-corrected chi connectivity index (χ2v) is 7.17. The van der Waals surface area contributed by atoms with Gasteiger partial charge in [0, 0.05) is 33.7 Å². The summed E-state index contributed by atoms with van der Waals surface area (Å²) in [7, 11) is 5.20. The number of hydrogen-bond acceptors (Lipinski definition) is 3. The van der Waals surface area contributed by atoms with Gasteiger partial charge in [0.25, 0.3) is 5.91 Å². The van der Waals surface area contributed by atoms with Gasteiger partial charge in [-0.15, -0.1) is 0 Å². The van der Waals surface area contributed by atoms with E-state index in [1.165, 1.54) is 11.3 Å². The third-order valence-electron chi connectivity index (χ3n) is 4.00. The third-order valence-corrected chi connectivity index (χ3v) is 4.00. The van der Waals surface area contributed by atoms with Crippen LogP contribution < -0.4 is 15.4 Å². The molecule has 6 heteroatoms. The van der Waals surface area contributed by atoms with E-state index in [2.05, 4.69) is 36.4 Å². The number of hydrogen-bond donors (Lipinski definition) is 2. The van der Waals surface area contributed by atoms with Crippen molar-refractivity contribution < 1.29 is 9.53 Å². The van der Waals surface area contributed by atoms with Gasteiger partial charge < -0.3 is 20.3 Å². The van der Waals surface area contributed by atoms with Gasteiger partial charge in [-0.05, 0) is 43.4 Å². The van der Waals surface area contributed by atoms with Crippen LogP contribution in [-0.4, -0.2) is 50.6 Å². The van der Waals surface area contributed by atoms with Crippen LogP contribution in [0.1, 0.15) is 39.2 Å². The van der Waals surface area contributed by atoms with Crippen LogP contribution in [0.5, 0.6) is 5.75 Å². The molecule has 2 N–H and O–H groups in total. The third kappa shape index (κ3) is 8.74. The molecule has 0 radical (unpaired) electrons. The summed E-state index contributed by atoms with van der Waals surface area (Å²) < 4.78 is 5.56. The summed E-state index contributed by atoms with van der Waals surface area (Å²) in [5.74, 6) is 2.12. The lowest BCUT2D eigenvalue weighted by atomic mass is 10.0. The van der Waals surface area contributed by atoms with E-state index >= 15 is 0 Å². The molecule has 0 saturated carbocycles. The molecule has 1 aromatic rings. The summed E-state index contributed by atoms with van der Waals surface area (Å²) >= 11 is 0. The fraction of sp³-hybridized carbons (Fsp3) is 0.600. The zero-order valence-corrected chi connectivity index (χ0v) is 17.0. The van der Waals surface area contributed by atoms with Crippen LogP contribution in [0.3, 0.4) is 0 Å². The van der Waals surface area contributed by atoms with Gasteiger partial charge in [-0.2, -0.15) is 0 Å². The van der Waals surface area contributed by atoms with Crippen LogP contribution in [0.25, 0.3) is 0 Å². The van der Waals surface area contributed by atoms with E-state index in [0.29, 0.717) is 24.3 Å². The first kappa shape index (κ1) is 21.8. The molecule has 1 rings (SSSR count). The van der Waals surface area contributed by atoms with Gasteiger partial charge in [0.2, 0.25) is 0 Å². The molecule has 1 aromatic carbocycles. The highest BCUT2D eigenvalue weighted by Gasteiger charge is 2.08. The highest BCUT2D eigenvalue weighted by Crippen LogP contribution is 2.13. The Morgan fingerprint density at radius 2 is 1.96 bits per heavy atom. The molecule has 1 unspecified atom stereocenters. The lowest BCUT2D eigenvalue weighted by Gasteiger charge is -2.19. The number of carbonyl (C=O) groups excluding carboxylic acids is 1. The van der Waals surface area contributed by atoms with Crippen LogP contribution in [0, 0.1) is 5.92 Å². The molecule has 0 heterocycles. The Morgan fingerprint density at radius 3 is 2.58 bits per heavy atom. The van der Waals surface area contributed by atoms with E-state index in [9.17, 15) is 4.79 Å². The molecule has 6 nitrogen and oxygen atoms in total. The van der Waals surface area contributed by atoms with Gasteiger partial charge in [0.1, 0.15) is 5.75 Å². The predicted octanol–water partition coefficient (Wildman–Crippen LogP) is 2.64. The number of rotatable bonds is 9.